The van der Waals surface area contributed by atoms with E-state index >= 15 is 0 Å². The fourth-order valence-electron chi connectivity index (χ4n) is 2.71. The Hall–Kier alpha value is -3.32. The number of carbonyl (C=O) groups is 1. The number of rotatable bonds is 8. The third-order valence-corrected chi connectivity index (χ3v) is 5.89. The third-order valence-electron chi connectivity index (χ3n) is 4.50. The molecule has 3 aromatic carbocycles. The second kappa shape index (κ2) is 9.45. The Labute approximate surface area is 177 Å². The minimum absolute atomic E-state index is 0.113. The van der Waals surface area contributed by atoms with Crippen LogP contribution in [-0.2, 0) is 21.4 Å². The second-order valence-electron chi connectivity index (χ2n) is 6.94. The highest BCUT2D eigenvalue weighted by Crippen LogP contribution is 2.21. The molecule has 0 aliphatic rings. The standard InChI is InChI=1S/C23H24N2O4S/c1-17-7-9-19(10-8-17)15-24-23(26)16-29-20-11-13-21(14-12-20)30(27,28)25-22-6-4-3-5-18(22)2/h3-14,25H,15-16H2,1-2H3,(H,24,26). The molecule has 0 fully saturated rings. The average molecular weight is 425 g/mol. The van der Waals surface area contributed by atoms with Gasteiger partial charge in [0.25, 0.3) is 15.9 Å². The Balaban J connectivity index is 1.53. The molecule has 0 radical (unpaired) electrons. The maximum atomic E-state index is 12.6. The van der Waals surface area contributed by atoms with Crippen LogP contribution in [0, 0.1) is 13.8 Å². The molecule has 156 valence electrons. The second-order valence-corrected chi connectivity index (χ2v) is 8.63. The summed E-state index contributed by atoms with van der Waals surface area (Å²) in [6.07, 6.45) is 0. The summed E-state index contributed by atoms with van der Waals surface area (Å²) in [6, 6.07) is 21.0. The number of hydrogen-bond donors (Lipinski definition) is 2. The van der Waals surface area contributed by atoms with Crippen molar-refractivity contribution < 1.29 is 17.9 Å². The molecule has 3 rings (SSSR count). The molecular weight excluding hydrogens is 400 g/mol. The lowest BCUT2D eigenvalue weighted by Gasteiger charge is -2.11. The summed E-state index contributed by atoms with van der Waals surface area (Å²) in [5, 5.41) is 2.79. The fourth-order valence-corrected chi connectivity index (χ4v) is 3.84. The Morgan fingerprint density at radius 2 is 1.57 bits per heavy atom. The first-order valence-electron chi connectivity index (χ1n) is 9.47. The lowest BCUT2D eigenvalue weighted by molar-refractivity contribution is -0.123. The minimum Gasteiger partial charge on any atom is -0.484 e. The highest BCUT2D eigenvalue weighted by atomic mass is 32.2. The number of ether oxygens (including phenoxy) is 1. The van der Waals surface area contributed by atoms with Crippen molar-refractivity contribution in [2.45, 2.75) is 25.3 Å². The van der Waals surface area contributed by atoms with Crippen LogP contribution in [0.25, 0.3) is 0 Å². The molecular formula is C23H24N2O4S. The van der Waals surface area contributed by atoms with Crippen molar-refractivity contribution in [2.75, 3.05) is 11.3 Å². The summed E-state index contributed by atoms with van der Waals surface area (Å²) < 4.78 is 33.1. The Kier molecular flexibility index (Phi) is 6.74. The van der Waals surface area contributed by atoms with E-state index in [1.54, 1.807) is 12.1 Å². The molecule has 0 saturated carbocycles. The van der Waals surface area contributed by atoms with Gasteiger partial charge in [-0.1, -0.05) is 48.0 Å². The molecule has 0 spiro atoms. The van der Waals surface area contributed by atoms with Crippen LogP contribution < -0.4 is 14.8 Å². The molecule has 0 aliphatic carbocycles. The molecule has 30 heavy (non-hydrogen) atoms. The minimum atomic E-state index is -3.71. The van der Waals surface area contributed by atoms with Crippen LogP contribution in [0.2, 0.25) is 0 Å². The molecule has 0 heterocycles. The van der Waals surface area contributed by atoms with Crippen molar-refractivity contribution in [1.82, 2.24) is 5.32 Å². The van der Waals surface area contributed by atoms with E-state index in [0.717, 1.165) is 16.7 Å². The first kappa shape index (κ1) is 21.4. The Bertz CT molecular complexity index is 1110. The van der Waals surface area contributed by atoms with Crippen molar-refractivity contribution in [3.8, 4) is 5.75 Å². The molecule has 0 saturated heterocycles. The number of aryl methyl sites for hydroxylation is 2. The third kappa shape index (κ3) is 5.84. The SMILES string of the molecule is Cc1ccc(CNC(=O)COc2ccc(S(=O)(=O)Nc3ccccc3C)cc2)cc1. The molecule has 2 N–H and O–H groups in total. The molecule has 0 aliphatic heterocycles. The number of anilines is 1. The number of amides is 1. The van der Waals surface area contributed by atoms with Crippen LogP contribution in [0.1, 0.15) is 16.7 Å². The number of para-hydroxylation sites is 1. The zero-order chi connectivity index (χ0) is 21.6. The first-order valence-corrected chi connectivity index (χ1v) is 11.0. The number of nitrogens with one attached hydrogen (secondary N) is 2. The summed E-state index contributed by atoms with van der Waals surface area (Å²) in [7, 11) is -3.71. The van der Waals surface area contributed by atoms with E-state index in [4.69, 9.17) is 4.74 Å². The van der Waals surface area contributed by atoms with E-state index in [0.29, 0.717) is 18.0 Å². The van der Waals surface area contributed by atoms with Gasteiger partial charge in [0.2, 0.25) is 0 Å². The van der Waals surface area contributed by atoms with Gasteiger partial charge in [-0.15, -0.1) is 0 Å². The smallest absolute Gasteiger partial charge is 0.261 e. The lowest BCUT2D eigenvalue weighted by Crippen LogP contribution is -2.28. The van der Waals surface area contributed by atoms with Crippen molar-refractivity contribution in [1.29, 1.82) is 0 Å². The van der Waals surface area contributed by atoms with Crippen LogP contribution in [0.3, 0.4) is 0 Å². The maximum absolute atomic E-state index is 12.6. The maximum Gasteiger partial charge on any atom is 0.261 e. The molecule has 0 bridgehead atoms. The van der Waals surface area contributed by atoms with E-state index in [-0.39, 0.29) is 17.4 Å². The fraction of sp³-hybridized carbons (Fsp3) is 0.174. The number of hydrogen-bond acceptors (Lipinski definition) is 4. The van der Waals surface area contributed by atoms with Gasteiger partial charge in [0.1, 0.15) is 5.75 Å². The quantitative estimate of drug-likeness (QED) is 0.576. The predicted octanol–water partition coefficient (Wildman–Crippen LogP) is 3.80. The zero-order valence-electron chi connectivity index (χ0n) is 16.9. The van der Waals surface area contributed by atoms with Gasteiger partial charge >= 0.3 is 0 Å². The van der Waals surface area contributed by atoms with Crippen LogP contribution in [0.15, 0.2) is 77.7 Å². The van der Waals surface area contributed by atoms with Gasteiger partial charge < -0.3 is 10.1 Å². The van der Waals surface area contributed by atoms with Gasteiger partial charge in [-0.2, -0.15) is 0 Å². The molecule has 0 aromatic heterocycles. The molecule has 0 unspecified atom stereocenters. The van der Waals surface area contributed by atoms with Gasteiger partial charge in [0, 0.05) is 6.54 Å². The summed E-state index contributed by atoms with van der Waals surface area (Å²) in [5.74, 6) is 0.156. The van der Waals surface area contributed by atoms with Gasteiger partial charge in [-0.3, -0.25) is 9.52 Å². The lowest BCUT2D eigenvalue weighted by atomic mass is 10.1. The molecule has 6 nitrogen and oxygen atoms in total. The van der Waals surface area contributed by atoms with Crippen LogP contribution in [-0.4, -0.2) is 20.9 Å². The van der Waals surface area contributed by atoms with Gasteiger partial charge in [-0.05, 0) is 55.3 Å². The van der Waals surface area contributed by atoms with E-state index in [9.17, 15) is 13.2 Å². The Morgan fingerprint density at radius 1 is 0.900 bits per heavy atom. The van der Waals surface area contributed by atoms with E-state index in [1.807, 2.05) is 50.2 Å². The summed E-state index contributed by atoms with van der Waals surface area (Å²) in [5.41, 5.74) is 3.53. The highest BCUT2D eigenvalue weighted by Gasteiger charge is 2.15. The van der Waals surface area contributed by atoms with Crippen molar-refractivity contribution in [3.05, 3.63) is 89.5 Å². The summed E-state index contributed by atoms with van der Waals surface area (Å²) in [4.78, 5) is 12.1. The van der Waals surface area contributed by atoms with Gasteiger partial charge in [-0.25, -0.2) is 8.42 Å². The number of sulfonamides is 1. The normalized spacial score (nSPS) is 11.0. The summed E-state index contributed by atoms with van der Waals surface area (Å²) in [6.45, 7) is 4.10. The number of carbonyl (C=O) groups excluding carboxylic acids is 1. The van der Waals surface area contributed by atoms with Gasteiger partial charge in [0.05, 0.1) is 10.6 Å². The largest absolute Gasteiger partial charge is 0.484 e. The monoisotopic (exact) mass is 424 g/mol. The highest BCUT2D eigenvalue weighted by molar-refractivity contribution is 7.92. The predicted molar refractivity (Wildman–Crippen MR) is 117 cm³/mol. The first-order chi connectivity index (χ1) is 14.3. The Morgan fingerprint density at radius 3 is 2.23 bits per heavy atom. The molecule has 3 aromatic rings. The topological polar surface area (TPSA) is 84.5 Å². The van der Waals surface area contributed by atoms with Crippen LogP contribution in [0.4, 0.5) is 5.69 Å². The summed E-state index contributed by atoms with van der Waals surface area (Å²) >= 11 is 0. The van der Waals surface area contributed by atoms with Crippen LogP contribution >= 0.6 is 0 Å². The number of benzene rings is 3. The van der Waals surface area contributed by atoms with Gasteiger partial charge in [0.15, 0.2) is 6.61 Å². The van der Waals surface area contributed by atoms with E-state index < -0.39 is 10.0 Å². The van der Waals surface area contributed by atoms with Crippen molar-refractivity contribution in [2.24, 2.45) is 0 Å². The zero-order valence-corrected chi connectivity index (χ0v) is 17.7. The molecule has 0 atom stereocenters. The average Bonchev–Trinajstić information content (AvgIpc) is 2.74. The molecule has 1 amide bonds. The van der Waals surface area contributed by atoms with E-state index in [2.05, 4.69) is 10.0 Å². The van der Waals surface area contributed by atoms with E-state index in [1.165, 1.54) is 24.3 Å². The molecule has 7 heteroatoms. The van der Waals surface area contributed by atoms with Crippen molar-refractivity contribution in [3.63, 3.8) is 0 Å². The van der Waals surface area contributed by atoms with Crippen molar-refractivity contribution >= 4 is 21.6 Å². The van der Waals surface area contributed by atoms with Crippen LogP contribution in [0.5, 0.6) is 5.75 Å².